The molecule has 0 fully saturated rings. The van der Waals surface area contributed by atoms with Gasteiger partial charge in [-0.25, -0.2) is 18.4 Å². The number of carbonyl (C=O) groups is 1. The third-order valence-electron chi connectivity index (χ3n) is 2.53. The number of amides is 1. The second-order valence-electron chi connectivity index (χ2n) is 5.44. The lowest BCUT2D eigenvalue weighted by molar-refractivity contribution is 0.0635. The van der Waals surface area contributed by atoms with Gasteiger partial charge in [0.05, 0.1) is 17.7 Å². The summed E-state index contributed by atoms with van der Waals surface area (Å²) in [5.41, 5.74) is -0.191. The zero-order valence-corrected chi connectivity index (χ0v) is 13.5. The summed E-state index contributed by atoms with van der Waals surface area (Å²) in [7, 11) is -2.49. The Morgan fingerprint density at radius 3 is 2.29 bits per heavy atom. The number of hydrogen-bond donors (Lipinski definition) is 2. The third-order valence-corrected chi connectivity index (χ3v) is 3.58. The van der Waals surface area contributed by atoms with Crippen LogP contribution in [0, 0.1) is 6.92 Å². The van der Waals surface area contributed by atoms with Gasteiger partial charge in [-0.3, -0.25) is 5.32 Å². The molecule has 0 radical (unpaired) electrons. The number of nitrogens with two attached hydrogens (primary N) is 1. The van der Waals surface area contributed by atoms with Gasteiger partial charge in [-0.2, -0.15) is 0 Å². The molecule has 118 valence electrons. The smallest absolute Gasteiger partial charge is 0.412 e. The first-order valence-corrected chi connectivity index (χ1v) is 7.70. The Labute approximate surface area is 124 Å². The molecule has 1 aromatic rings. The highest BCUT2D eigenvalue weighted by Gasteiger charge is 2.22. The van der Waals surface area contributed by atoms with E-state index in [0.717, 1.165) is 0 Å². The zero-order valence-electron chi connectivity index (χ0n) is 12.7. The van der Waals surface area contributed by atoms with E-state index in [2.05, 4.69) is 5.32 Å². The van der Waals surface area contributed by atoms with Gasteiger partial charge in [0.2, 0.25) is 10.0 Å². The average Bonchev–Trinajstić information content (AvgIpc) is 2.27. The lowest BCUT2D eigenvalue weighted by Gasteiger charge is -2.21. The minimum absolute atomic E-state index is 0.0886. The molecule has 0 bridgehead atoms. The Morgan fingerprint density at radius 1 is 1.29 bits per heavy atom. The van der Waals surface area contributed by atoms with Crippen LogP contribution < -0.4 is 15.2 Å². The van der Waals surface area contributed by atoms with Crippen molar-refractivity contribution in [1.29, 1.82) is 0 Å². The van der Waals surface area contributed by atoms with Crippen LogP contribution in [0.15, 0.2) is 17.0 Å². The van der Waals surface area contributed by atoms with Gasteiger partial charge < -0.3 is 9.47 Å². The molecule has 3 N–H and O–H groups in total. The molecule has 1 rings (SSSR count). The fraction of sp³-hybridized carbons (Fsp3) is 0.462. The Kier molecular flexibility index (Phi) is 4.85. The van der Waals surface area contributed by atoms with Crippen LogP contribution >= 0.6 is 0 Å². The number of methoxy groups -OCH3 is 1. The predicted molar refractivity (Wildman–Crippen MR) is 79.0 cm³/mol. The summed E-state index contributed by atoms with van der Waals surface area (Å²) >= 11 is 0. The van der Waals surface area contributed by atoms with E-state index in [1.54, 1.807) is 20.8 Å². The van der Waals surface area contributed by atoms with Crippen molar-refractivity contribution >= 4 is 21.8 Å². The van der Waals surface area contributed by atoms with Gasteiger partial charge >= 0.3 is 6.09 Å². The van der Waals surface area contributed by atoms with Gasteiger partial charge in [0.25, 0.3) is 0 Å². The number of benzene rings is 1. The van der Waals surface area contributed by atoms with E-state index in [4.69, 9.17) is 14.6 Å². The van der Waals surface area contributed by atoms with Crippen LogP contribution in [0.3, 0.4) is 0 Å². The molecule has 0 saturated heterocycles. The average molecular weight is 316 g/mol. The first kappa shape index (κ1) is 17.3. The number of rotatable bonds is 3. The molecule has 21 heavy (non-hydrogen) atoms. The van der Waals surface area contributed by atoms with Crippen LogP contribution in [0.4, 0.5) is 10.5 Å². The maximum absolute atomic E-state index is 11.8. The number of ether oxygens (including phenoxy) is 2. The van der Waals surface area contributed by atoms with Crippen LogP contribution in [0.25, 0.3) is 0 Å². The Hall–Kier alpha value is -1.80. The third kappa shape index (κ3) is 4.61. The van der Waals surface area contributed by atoms with Crippen LogP contribution in [-0.2, 0) is 14.8 Å². The molecule has 1 aromatic carbocycles. The van der Waals surface area contributed by atoms with Crippen molar-refractivity contribution < 1.29 is 22.7 Å². The SMILES string of the molecule is COc1ccc(S(N)(=O)=O)c(C)c1NC(=O)OC(C)(C)C. The summed E-state index contributed by atoms with van der Waals surface area (Å²) in [5.74, 6) is 0.311. The van der Waals surface area contributed by atoms with Crippen molar-refractivity contribution in [3.63, 3.8) is 0 Å². The van der Waals surface area contributed by atoms with E-state index < -0.39 is 21.7 Å². The Bertz CT molecular complexity index is 647. The molecule has 0 aliphatic rings. The molecule has 0 unspecified atom stereocenters. The van der Waals surface area contributed by atoms with Crippen molar-refractivity contribution in [2.24, 2.45) is 5.14 Å². The number of nitrogens with one attached hydrogen (secondary N) is 1. The Morgan fingerprint density at radius 2 is 1.86 bits per heavy atom. The minimum atomic E-state index is -3.90. The monoisotopic (exact) mass is 316 g/mol. The van der Waals surface area contributed by atoms with Crippen LogP contribution in [0.1, 0.15) is 26.3 Å². The molecule has 0 spiro atoms. The van der Waals surface area contributed by atoms with Crippen LogP contribution in [0.5, 0.6) is 5.75 Å². The van der Waals surface area contributed by atoms with Crippen molar-refractivity contribution in [2.45, 2.75) is 38.2 Å². The van der Waals surface area contributed by atoms with Crippen LogP contribution in [-0.4, -0.2) is 27.2 Å². The highest BCUT2D eigenvalue weighted by Crippen LogP contribution is 2.32. The molecular formula is C13H20N2O5S. The molecule has 0 atom stereocenters. The molecule has 1 amide bonds. The van der Waals surface area contributed by atoms with Crippen molar-refractivity contribution in [3.05, 3.63) is 17.7 Å². The van der Waals surface area contributed by atoms with E-state index in [9.17, 15) is 13.2 Å². The molecular weight excluding hydrogens is 296 g/mol. The van der Waals surface area contributed by atoms with Gasteiger partial charge in [0, 0.05) is 0 Å². The molecule has 0 aliphatic heterocycles. The van der Waals surface area contributed by atoms with Crippen LogP contribution in [0.2, 0.25) is 0 Å². The lowest BCUT2D eigenvalue weighted by atomic mass is 10.2. The van der Waals surface area contributed by atoms with Crippen molar-refractivity contribution in [3.8, 4) is 5.75 Å². The number of anilines is 1. The molecule has 8 heteroatoms. The summed E-state index contributed by atoms with van der Waals surface area (Å²) in [6.07, 6.45) is -0.713. The number of sulfonamides is 1. The molecule has 0 saturated carbocycles. The van der Waals surface area contributed by atoms with E-state index in [1.807, 2.05) is 0 Å². The topological polar surface area (TPSA) is 108 Å². The van der Waals surface area contributed by atoms with Gasteiger partial charge in [-0.05, 0) is 45.4 Å². The quantitative estimate of drug-likeness (QED) is 0.886. The van der Waals surface area contributed by atoms with Crippen molar-refractivity contribution in [1.82, 2.24) is 0 Å². The summed E-state index contributed by atoms with van der Waals surface area (Å²) in [4.78, 5) is 11.8. The number of carbonyl (C=O) groups excluding carboxylic acids is 1. The summed E-state index contributed by atoms with van der Waals surface area (Å²) < 4.78 is 33.3. The summed E-state index contributed by atoms with van der Waals surface area (Å²) in [6, 6.07) is 2.74. The largest absolute Gasteiger partial charge is 0.495 e. The van der Waals surface area contributed by atoms with E-state index in [1.165, 1.54) is 26.2 Å². The minimum Gasteiger partial charge on any atom is -0.495 e. The maximum Gasteiger partial charge on any atom is 0.412 e. The normalized spacial score (nSPS) is 11.9. The molecule has 0 aromatic heterocycles. The molecule has 0 aliphatic carbocycles. The van der Waals surface area contributed by atoms with Gasteiger partial charge in [0.15, 0.2) is 0 Å². The van der Waals surface area contributed by atoms with Gasteiger partial charge in [-0.1, -0.05) is 0 Å². The van der Waals surface area contributed by atoms with Crippen molar-refractivity contribution in [2.75, 3.05) is 12.4 Å². The van der Waals surface area contributed by atoms with Gasteiger partial charge in [-0.15, -0.1) is 0 Å². The highest BCUT2D eigenvalue weighted by atomic mass is 32.2. The predicted octanol–water partition coefficient (Wildman–Crippen LogP) is 2.00. The molecule has 7 nitrogen and oxygen atoms in total. The number of primary sulfonamides is 1. The second kappa shape index (κ2) is 5.90. The van der Waals surface area contributed by atoms with E-state index >= 15 is 0 Å². The lowest BCUT2D eigenvalue weighted by Crippen LogP contribution is -2.28. The Balaban J connectivity index is 3.24. The van der Waals surface area contributed by atoms with Gasteiger partial charge in [0.1, 0.15) is 11.4 Å². The highest BCUT2D eigenvalue weighted by molar-refractivity contribution is 7.89. The fourth-order valence-electron chi connectivity index (χ4n) is 1.71. The fourth-order valence-corrected chi connectivity index (χ4v) is 2.49. The first-order chi connectivity index (χ1) is 9.45. The molecule has 0 heterocycles. The van der Waals surface area contributed by atoms with E-state index in [0.29, 0.717) is 5.75 Å². The first-order valence-electron chi connectivity index (χ1n) is 6.16. The number of hydrogen-bond acceptors (Lipinski definition) is 5. The summed E-state index contributed by atoms with van der Waals surface area (Å²) in [5, 5.41) is 7.63. The maximum atomic E-state index is 11.8. The summed E-state index contributed by atoms with van der Waals surface area (Å²) in [6.45, 7) is 6.68. The standard InChI is InChI=1S/C13H20N2O5S/c1-8-10(21(14,17)18)7-6-9(19-5)11(8)15-12(16)20-13(2,3)4/h6-7H,1-5H3,(H,15,16)(H2,14,17,18). The zero-order chi connectivity index (χ0) is 16.4. The second-order valence-corrected chi connectivity index (χ2v) is 6.97. The van der Waals surface area contributed by atoms with E-state index in [-0.39, 0.29) is 16.1 Å².